The predicted molar refractivity (Wildman–Crippen MR) is 80.9 cm³/mol. The van der Waals surface area contributed by atoms with Gasteiger partial charge in [-0.2, -0.15) is 0 Å². The number of rotatable bonds is 1. The quantitative estimate of drug-likeness (QED) is 0.810. The van der Waals surface area contributed by atoms with Gasteiger partial charge in [0.05, 0.1) is 11.3 Å². The van der Waals surface area contributed by atoms with Gasteiger partial charge in [0.15, 0.2) is 6.17 Å². The zero-order chi connectivity index (χ0) is 15.3. The predicted octanol–water partition coefficient (Wildman–Crippen LogP) is 2.12. The third-order valence-corrected chi connectivity index (χ3v) is 5.56. The molecular weight excluding hydrogens is 300 g/mol. The highest BCUT2D eigenvalue weighted by atomic mass is 32.2. The number of nitrogens with zero attached hydrogens (tertiary/aromatic N) is 2. The van der Waals surface area contributed by atoms with Gasteiger partial charge in [0.2, 0.25) is 0 Å². The van der Waals surface area contributed by atoms with Crippen molar-refractivity contribution in [3.05, 3.63) is 65.7 Å². The molecule has 5 nitrogen and oxygen atoms in total. The Bertz CT molecular complexity index is 918. The minimum absolute atomic E-state index is 0.0439. The standard InChI is InChI=1S/C16H11N2O3S/c19-16-12-6-2-4-8-14(12)22(20,21)18(16)15-10-9-11-5-1-3-7-13(11)17-15/h1-10,15H. The van der Waals surface area contributed by atoms with Crippen LogP contribution in [0.2, 0.25) is 0 Å². The maximum absolute atomic E-state index is 12.6. The first-order valence-electron chi connectivity index (χ1n) is 6.75. The van der Waals surface area contributed by atoms with Crippen LogP contribution in [0, 0.1) is 0 Å². The van der Waals surface area contributed by atoms with Gasteiger partial charge in [0, 0.05) is 0 Å². The minimum Gasteiger partial charge on any atom is -0.268 e. The molecule has 6 heteroatoms. The van der Waals surface area contributed by atoms with E-state index in [0.29, 0.717) is 5.69 Å². The Morgan fingerprint density at radius 3 is 2.55 bits per heavy atom. The third-order valence-electron chi connectivity index (χ3n) is 3.75. The molecule has 2 heterocycles. The molecule has 2 aromatic rings. The lowest BCUT2D eigenvalue weighted by Gasteiger charge is -2.26. The molecule has 22 heavy (non-hydrogen) atoms. The van der Waals surface area contributed by atoms with Gasteiger partial charge in [0.1, 0.15) is 4.90 Å². The van der Waals surface area contributed by atoms with Crippen molar-refractivity contribution in [2.45, 2.75) is 11.1 Å². The second-order valence-electron chi connectivity index (χ2n) is 5.06. The molecule has 1 unspecified atom stereocenters. The number of para-hydroxylation sites is 1. The van der Waals surface area contributed by atoms with Crippen LogP contribution in [-0.2, 0) is 10.0 Å². The normalized spacial score (nSPS) is 21.2. The second-order valence-corrected chi connectivity index (χ2v) is 6.85. The van der Waals surface area contributed by atoms with E-state index in [2.05, 4.69) is 5.32 Å². The molecule has 2 aliphatic heterocycles. The topological polar surface area (TPSA) is 68.6 Å². The fraction of sp³-hybridized carbons (Fsp3) is 0.0625. The molecule has 0 saturated heterocycles. The van der Waals surface area contributed by atoms with Gasteiger partial charge in [0.25, 0.3) is 15.9 Å². The SMILES string of the molecule is O=C1c2ccccc2S(=O)(=O)N1C1C=Cc2ccccc2[N]1. The summed E-state index contributed by atoms with van der Waals surface area (Å²) in [6, 6.07) is 13.6. The van der Waals surface area contributed by atoms with Gasteiger partial charge in [-0.15, -0.1) is 0 Å². The maximum atomic E-state index is 12.6. The summed E-state index contributed by atoms with van der Waals surface area (Å²) in [6.07, 6.45) is 2.57. The molecule has 2 aliphatic rings. The monoisotopic (exact) mass is 311 g/mol. The highest BCUT2D eigenvalue weighted by Crippen LogP contribution is 2.34. The number of amides is 1. The van der Waals surface area contributed by atoms with Crippen molar-refractivity contribution in [1.82, 2.24) is 9.62 Å². The van der Waals surface area contributed by atoms with E-state index >= 15 is 0 Å². The number of carbonyl (C=O) groups is 1. The molecule has 0 fully saturated rings. The first-order chi connectivity index (χ1) is 10.6. The fourth-order valence-electron chi connectivity index (χ4n) is 2.72. The Labute approximate surface area is 127 Å². The van der Waals surface area contributed by atoms with Crippen molar-refractivity contribution in [3.8, 4) is 0 Å². The van der Waals surface area contributed by atoms with Crippen LogP contribution in [0.3, 0.4) is 0 Å². The zero-order valence-corrected chi connectivity index (χ0v) is 12.2. The molecule has 2 aromatic carbocycles. The molecule has 1 amide bonds. The Morgan fingerprint density at radius 1 is 1.00 bits per heavy atom. The van der Waals surface area contributed by atoms with Gasteiger partial charge in [-0.3, -0.25) is 10.1 Å². The van der Waals surface area contributed by atoms with Crippen molar-refractivity contribution in [2.24, 2.45) is 0 Å². The summed E-state index contributed by atoms with van der Waals surface area (Å²) in [7, 11) is -3.86. The fourth-order valence-corrected chi connectivity index (χ4v) is 4.33. The lowest BCUT2D eigenvalue weighted by molar-refractivity contribution is 0.0842. The van der Waals surface area contributed by atoms with Crippen LogP contribution in [0.5, 0.6) is 0 Å². The van der Waals surface area contributed by atoms with Crippen LogP contribution in [0.25, 0.3) is 6.08 Å². The molecule has 4 rings (SSSR count). The van der Waals surface area contributed by atoms with Crippen LogP contribution in [0.1, 0.15) is 15.9 Å². The molecule has 0 aliphatic carbocycles. The summed E-state index contributed by atoms with van der Waals surface area (Å²) >= 11 is 0. The highest BCUT2D eigenvalue weighted by molar-refractivity contribution is 7.90. The Hall–Kier alpha value is -2.60. The van der Waals surface area contributed by atoms with E-state index in [4.69, 9.17) is 0 Å². The van der Waals surface area contributed by atoms with E-state index in [9.17, 15) is 13.2 Å². The average Bonchev–Trinajstić information content (AvgIpc) is 2.74. The molecule has 1 radical (unpaired) electrons. The van der Waals surface area contributed by atoms with Crippen LogP contribution >= 0.6 is 0 Å². The van der Waals surface area contributed by atoms with Crippen LogP contribution in [0.4, 0.5) is 5.69 Å². The third kappa shape index (κ3) is 1.70. The summed E-state index contributed by atoms with van der Waals surface area (Å²) in [4.78, 5) is 12.5. The molecule has 0 N–H and O–H groups in total. The highest BCUT2D eigenvalue weighted by Gasteiger charge is 2.45. The van der Waals surface area contributed by atoms with Gasteiger partial charge >= 0.3 is 0 Å². The lowest BCUT2D eigenvalue weighted by atomic mass is 10.1. The first-order valence-corrected chi connectivity index (χ1v) is 8.19. The first kappa shape index (κ1) is 13.1. The zero-order valence-electron chi connectivity index (χ0n) is 11.4. The number of hydrogen-bond acceptors (Lipinski definition) is 3. The Balaban J connectivity index is 1.79. The van der Waals surface area contributed by atoms with E-state index in [1.165, 1.54) is 12.1 Å². The smallest absolute Gasteiger partial charge is 0.268 e. The van der Waals surface area contributed by atoms with E-state index in [0.717, 1.165) is 9.87 Å². The molecule has 0 aromatic heterocycles. The van der Waals surface area contributed by atoms with E-state index < -0.39 is 22.1 Å². The van der Waals surface area contributed by atoms with Crippen LogP contribution in [-0.4, -0.2) is 24.8 Å². The van der Waals surface area contributed by atoms with E-state index in [1.807, 2.05) is 18.2 Å². The average molecular weight is 311 g/mol. The summed E-state index contributed by atoms with van der Waals surface area (Å²) in [5, 5.41) is 4.40. The summed E-state index contributed by atoms with van der Waals surface area (Å²) in [6.45, 7) is 0. The van der Waals surface area contributed by atoms with E-state index in [-0.39, 0.29) is 10.5 Å². The number of sulfonamides is 1. The Kier molecular flexibility index (Phi) is 2.65. The number of benzene rings is 2. The van der Waals surface area contributed by atoms with Crippen LogP contribution < -0.4 is 5.32 Å². The second kappa shape index (κ2) is 4.45. The van der Waals surface area contributed by atoms with Gasteiger partial charge < -0.3 is 0 Å². The largest absolute Gasteiger partial charge is 0.271 e. The maximum Gasteiger partial charge on any atom is 0.271 e. The van der Waals surface area contributed by atoms with Gasteiger partial charge in [-0.1, -0.05) is 36.4 Å². The van der Waals surface area contributed by atoms with Gasteiger partial charge in [-0.05, 0) is 29.8 Å². The molecular formula is C16H11N2O3S. The van der Waals surface area contributed by atoms with E-state index in [1.54, 1.807) is 30.4 Å². The summed E-state index contributed by atoms with van der Waals surface area (Å²) in [5.41, 5.74) is 1.78. The number of hydrogen-bond donors (Lipinski definition) is 0. The van der Waals surface area contributed by atoms with Crippen molar-refractivity contribution in [1.29, 1.82) is 0 Å². The van der Waals surface area contributed by atoms with Crippen molar-refractivity contribution < 1.29 is 13.2 Å². The molecule has 1 atom stereocenters. The molecule has 0 bridgehead atoms. The number of carbonyl (C=O) groups excluding carboxylic acids is 1. The minimum atomic E-state index is -3.86. The van der Waals surface area contributed by atoms with Crippen molar-refractivity contribution >= 4 is 27.7 Å². The summed E-state index contributed by atoms with van der Waals surface area (Å²) in [5.74, 6) is -0.534. The number of fused-ring (bicyclic) bond motifs is 2. The lowest BCUT2D eigenvalue weighted by Crippen LogP contribution is -2.43. The van der Waals surface area contributed by atoms with Crippen molar-refractivity contribution in [2.75, 3.05) is 0 Å². The molecule has 0 spiro atoms. The summed E-state index contributed by atoms with van der Waals surface area (Å²) < 4.78 is 26.1. The van der Waals surface area contributed by atoms with Gasteiger partial charge in [-0.25, -0.2) is 12.7 Å². The molecule has 109 valence electrons. The van der Waals surface area contributed by atoms with Crippen LogP contribution in [0.15, 0.2) is 59.5 Å². The molecule has 0 saturated carbocycles. The Morgan fingerprint density at radius 2 is 1.73 bits per heavy atom. The van der Waals surface area contributed by atoms with Crippen molar-refractivity contribution in [3.63, 3.8) is 0 Å².